The van der Waals surface area contributed by atoms with Crippen molar-refractivity contribution in [3.8, 4) is 5.75 Å². The Labute approximate surface area is 129 Å². The van der Waals surface area contributed by atoms with Gasteiger partial charge in [0.2, 0.25) is 0 Å². The molecule has 111 valence electrons. The van der Waals surface area contributed by atoms with Crippen molar-refractivity contribution in [2.24, 2.45) is 0 Å². The lowest BCUT2D eigenvalue weighted by molar-refractivity contribution is 0.0915. The molecular weight excluding hydrogens is 274 g/mol. The lowest BCUT2D eigenvalue weighted by Gasteiger charge is -2.20. The highest BCUT2D eigenvalue weighted by Crippen LogP contribution is 2.32. The number of carbonyl (C=O) groups excluding carboxylic acids is 1. The second kappa shape index (κ2) is 5.02. The van der Waals surface area contributed by atoms with E-state index in [9.17, 15) is 9.90 Å². The lowest BCUT2D eigenvalue weighted by Crippen LogP contribution is -2.40. The van der Waals surface area contributed by atoms with Crippen LogP contribution in [-0.2, 0) is 5.11 Å². The quantitative estimate of drug-likeness (QED) is 0.651. The summed E-state index contributed by atoms with van der Waals surface area (Å²) in [6.45, 7) is 5.68. The summed E-state index contributed by atoms with van der Waals surface area (Å²) in [5.74, 6) is -0.544. The predicted molar refractivity (Wildman–Crippen MR) is 88.8 cm³/mol. The van der Waals surface area contributed by atoms with E-state index in [-0.39, 0.29) is 22.8 Å². The van der Waals surface area contributed by atoms with Crippen LogP contribution >= 0.6 is 0 Å². The second-order valence-corrected chi connectivity index (χ2v) is 6.57. The minimum atomic E-state index is -0.373. The van der Waals surface area contributed by atoms with Crippen molar-refractivity contribution in [3.05, 3.63) is 54.1 Å². The van der Waals surface area contributed by atoms with Crippen molar-refractivity contribution in [1.29, 1.82) is 0 Å². The average Bonchev–Trinajstić information content (AvgIpc) is 2.44. The highest BCUT2D eigenvalue weighted by Gasteiger charge is 2.20. The van der Waals surface area contributed by atoms with Gasteiger partial charge in [-0.15, -0.1) is 0 Å². The molecule has 0 unspecified atom stereocenters. The van der Waals surface area contributed by atoms with Gasteiger partial charge >= 0.3 is 0 Å². The first-order valence-corrected chi connectivity index (χ1v) is 7.30. The maximum Gasteiger partial charge on any atom is 0.255 e. The monoisotopic (exact) mass is 292 g/mol. The minimum Gasteiger partial charge on any atom is -0.347 e. The molecule has 0 aromatic heterocycles. The molecule has 0 saturated carbocycles. The summed E-state index contributed by atoms with van der Waals surface area (Å²) in [5, 5.41) is 19.0. The maximum absolute atomic E-state index is 12.6. The number of hydrogen-bond acceptors (Lipinski definition) is 1. The molecule has 3 rings (SSSR count). The van der Waals surface area contributed by atoms with Crippen molar-refractivity contribution < 1.29 is 9.90 Å². The van der Waals surface area contributed by atoms with Crippen LogP contribution in [0.3, 0.4) is 0 Å². The highest BCUT2D eigenvalue weighted by atomic mass is 16.3. The molecule has 0 aliphatic heterocycles. The van der Waals surface area contributed by atoms with Crippen molar-refractivity contribution in [2.45, 2.75) is 26.3 Å². The average molecular weight is 292 g/mol. The first kappa shape index (κ1) is 14.4. The van der Waals surface area contributed by atoms with Crippen molar-refractivity contribution in [3.63, 3.8) is 0 Å². The van der Waals surface area contributed by atoms with E-state index in [1.807, 2.05) is 63.2 Å². The van der Waals surface area contributed by atoms with Gasteiger partial charge in [-0.3, -0.25) is 9.90 Å². The molecule has 0 atom stereocenters. The van der Waals surface area contributed by atoms with Gasteiger partial charge in [-0.1, -0.05) is 30.3 Å². The van der Waals surface area contributed by atoms with E-state index in [1.54, 1.807) is 6.07 Å². The summed E-state index contributed by atoms with van der Waals surface area (Å²) >= 11 is 0. The van der Waals surface area contributed by atoms with Crippen LogP contribution in [0.1, 0.15) is 31.1 Å². The Morgan fingerprint density at radius 3 is 2.18 bits per heavy atom. The van der Waals surface area contributed by atoms with Crippen LogP contribution in [0.4, 0.5) is 0 Å². The topological polar surface area (TPSA) is 49.0 Å². The Morgan fingerprint density at radius 2 is 1.55 bits per heavy atom. The van der Waals surface area contributed by atoms with Gasteiger partial charge in [0.15, 0.2) is 5.75 Å². The molecule has 3 nitrogen and oxygen atoms in total. The van der Waals surface area contributed by atoms with Gasteiger partial charge in [0.1, 0.15) is 0 Å². The predicted octanol–water partition coefficient (Wildman–Crippen LogP) is 4.67. The zero-order valence-electron chi connectivity index (χ0n) is 12.9. The zero-order valence-corrected chi connectivity index (χ0v) is 12.9. The van der Waals surface area contributed by atoms with Crippen molar-refractivity contribution in [1.82, 2.24) is 5.32 Å². The largest absolute Gasteiger partial charge is 0.347 e. The van der Waals surface area contributed by atoms with Gasteiger partial charge < -0.3 is 5.32 Å². The number of nitrogens with one attached hydrogen (secondary N) is 1. The van der Waals surface area contributed by atoms with Gasteiger partial charge in [-0.2, -0.15) is 0 Å². The van der Waals surface area contributed by atoms with E-state index < -0.39 is 0 Å². The number of benzene rings is 3. The Bertz CT molecular complexity index is 876. The van der Waals surface area contributed by atoms with E-state index in [0.717, 1.165) is 16.2 Å². The summed E-state index contributed by atoms with van der Waals surface area (Å²) in [6, 6.07) is 15.2. The van der Waals surface area contributed by atoms with Gasteiger partial charge in [-0.25, -0.2) is 0 Å². The van der Waals surface area contributed by atoms with E-state index in [0.29, 0.717) is 5.39 Å². The Morgan fingerprint density at radius 1 is 0.909 bits per heavy atom. The molecule has 1 amide bonds. The number of rotatable bonds is 1. The van der Waals surface area contributed by atoms with Gasteiger partial charge in [0.25, 0.3) is 5.91 Å². The maximum atomic E-state index is 12.6. The molecule has 22 heavy (non-hydrogen) atoms. The molecule has 1 radical (unpaired) electrons. The van der Waals surface area contributed by atoms with Crippen LogP contribution in [-0.4, -0.2) is 11.4 Å². The van der Waals surface area contributed by atoms with Crippen molar-refractivity contribution >= 4 is 27.5 Å². The normalized spacial score (nSPS) is 11.8. The van der Waals surface area contributed by atoms with E-state index in [2.05, 4.69) is 5.32 Å². The molecule has 3 aromatic carbocycles. The third-order valence-electron chi connectivity index (χ3n) is 3.57. The Balaban J connectivity index is 2.16. The smallest absolute Gasteiger partial charge is 0.255 e. The fourth-order valence-corrected chi connectivity index (χ4v) is 2.57. The summed E-state index contributed by atoms with van der Waals surface area (Å²) in [4.78, 5) is 12.3. The lowest BCUT2D eigenvalue weighted by atomic mass is 9.99. The highest BCUT2D eigenvalue weighted by molar-refractivity contribution is 6.07. The zero-order chi connectivity index (χ0) is 15.9. The molecule has 0 saturated heterocycles. The van der Waals surface area contributed by atoms with Crippen LogP contribution in [0.2, 0.25) is 0 Å². The number of amides is 1. The SMILES string of the molecule is CC(C)(C)NC(=O)c1ccc2cc3ccccc3cc2c1[O]. The standard InChI is InChI=1S/C19H18NO2/c1-19(2,3)20-18(22)15-9-8-14-10-12-6-4-5-7-13(12)11-16(14)17(15)21/h4-11H,1-3H3,(H,20,22). The fourth-order valence-electron chi connectivity index (χ4n) is 2.57. The molecule has 0 spiro atoms. The molecule has 0 heterocycles. The third-order valence-corrected chi connectivity index (χ3v) is 3.57. The first-order valence-electron chi connectivity index (χ1n) is 7.30. The van der Waals surface area contributed by atoms with Gasteiger partial charge in [-0.05, 0) is 55.1 Å². The van der Waals surface area contributed by atoms with Crippen LogP contribution in [0.25, 0.3) is 21.5 Å². The second-order valence-electron chi connectivity index (χ2n) is 6.57. The summed E-state index contributed by atoms with van der Waals surface area (Å²) in [5.41, 5.74) is -0.181. The minimum absolute atomic E-state index is 0.192. The summed E-state index contributed by atoms with van der Waals surface area (Å²) in [7, 11) is 0. The van der Waals surface area contributed by atoms with E-state index >= 15 is 0 Å². The molecule has 0 fully saturated rings. The molecule has 0 aliphatic carbocycles. The number of hydrogen-bond donors (Lipinski definition) is 1. The molecule has 3 aromatic rings. The van der Waals surface area contributed by atoms with Crippen molar-refractivity contribution in [2.75, 3.05) is 0 Å². The molecular formula is C19H18NO2. The fraction of sp³-hybridized carbons (Fsp3) is 0.211. The molecule has 1 N–H and O–H groups in total. The van der Waals surface area contributed by atoms with E-state index in [4.69, 9.17) is 0 Å². The van der Waals surface area contributed by atoms with Crippen LogP contribution in [0.15, 0.2) is 48.5 Å². The molecule has 0 aliphatic rings. The Kier molecular flexibility index (Phi) is 3.28. The van der Waals surface area contributed by atoms with Crippen LogP contribution in [0.5, 0.6) is 5.75 Å². The van der Waals surface area contributed by atoms with Crippen LogP contribution in [0, 0.1) is 0 Å². The number of fused-ring (bicyclic) bond motifs is 2. The Hall–Kier alpha value is -2.55. The summed E-state index contributed by atoms with van der Waals surface area (Å²) < 4.78 is 0. The first-order chi connectivity index (χ1) is 10.3. The molecule has 0 bridgehead atoms. The molecule has 3 heteroatoms. The number of carbonyl (C=O) groups is 1. The van der Waals surface area contributed by atoms with Crippen LogP contribution < -0.4 is 5.32 Å². The van der Waals surface area contributed by atoms with Gasteiger partial charge in [0, 0.05) is 10.9 Å². The van der Waals surface area contributed by atoms with E-state index in [1.165, 1.54) is 0 Å². The third kappa shape index (κ3) is 2.62. The summed E-state index contributed by atoms with van der Waals surface area (Å²) in [6.07, 6.45) is 0. The van der Waals surface area contributed by atoms with Gasteiger partial charge in [0.05, 0.1) is 5.56 Å².